The van der Waals surface area contributed by atoms with Crippen LogP contribution in [0.4, 0.5) is 13.2 Å². The Morgan fingerprint density at radius 2 is 1.96 bits per heavy atom. The third-order valence-corrected chi connectivity index (χ3v) is 3.83. The summed E-state index contributed by atoms with van der Waals surface area (Å²) in [7, 11) is 0. The van der Waals surface area contributed by atoms with Gasteiger partial charge in [0.1, 0.15) is 17.7 Å². The van der Waals surface area contributed by atoms with E-state index in [9.17, 15) is 27.9 Å². The molecule has 1 aromatic carbocycles. The van der Waals surface area contributed by atoms with Crippen LogP contribution in [0, 0.1) is 17.5 Å². The molecule has 0 unspecified atom stereocenters. The number of carboxylic acids is 1. The number of hydrogen-bond donors (Lipinski definition) is 1. The third-order valence-electron chi connectivity index (χ3n) is 3.83. The number of nitrogens with zero attached hydrogens (tertiary/aromatic N) is 3. The van der Waals surface area contributed by atoms with Gasteiger partial charge in [-0.2, -0.15) is 5.10 Å². The maximum Gasteiger partial charge on any atom is 0.347 e. The smallest absolute Gasteiger partial charge is 0.347 e. The van der Waals surface area contributed by atoms with Gasteiger partial charge in [0, 0.05) is 18.1 Å². The fourth-order valence-corrected chi connectivity index (χ4v) is 2.71. The van der Waals surface area contributed by atoms with Gasteiger partial charge >= 0.3 is 11.7 Å². The number of aliphatic carboxylic acids is 1. The molecule has 1 aliphatic heterocycles. The molecule has 122 valence electrons. The van der Waals surface area contributed by atoms with Crippen molar-refractivity contribution in [2.24, 2.45) is 0 Å². The first-order valence-corrected chi connectivity index (χ1v) is 6.93. The zero-order valence-corrected chi connectivity index (χ0v) is 11.8. The van der Waals surface area contributed by atoms with Crippen LogP contribution in [0.15, 0.2) is 16.9 Å². The molecular formula is C14H12F3N3O3. The molecular weight excluding hydrogens is 315 g/mol. The Labute approximate surface area is 127 Å². The monoisotopic (exact) mass is 327 g/mol. The first kappa shape index (κ1) is 15.3. The number of hydrogen-bond acceptors (Lipinski definition) is 3. The molecule has 3 rings (SSSR count). The SMILES string of the molecule is O=C(O)[C@H]1CCCc2nn(Cc3cc(F)c(F)cc3F)c(=O)n21. The van der Waals surface area contributed by atoms with E-state index in [0.717, 1.165) is 9.25 Å². The van der Waals surface area contributed by atoms with Crippen molar-refractivity contribution in [3.63, 3.8) is 0 Å². The maximum absolute atomic E-state index is 13.7. The molecule has 0 radical (unpaired) electrons. The molecule has 0 spiro atoms. The fraction of sp³-hybridized carbons (Fsp3) is 0.357. The summed E-state index contributed by atoms with van der Waals surface area (Å²) in [5, 5.41) is 13.2. The Balaban J connectivity index is 2.02. The lowest BCUT2D eigenvalue weighted by atomic mass is 10.1. The summed E-state index contributed by atoms with van der Waals surface area (Å²) in [6.07, 6.45) is 1.28. The van der Waals surface area contributed by atoms with Gasteiger partial charge in [-0.3, -0.25) is 4.57 Å². The van der Waals surface area contributed by atoms with E-state index in [1.807, 2.05) is 0 Å². The molecule has 23 heavy (non-hydrogen) atoms. The van der Waals surface area contributed by atoms with E-state index < -0.39 is 41.7 Å². The van der Waals surface area contributed by atoms with Crippen molar-refractivity contribution in [1.29, 1.82) is 0 Å². The van der Waals surface area contributed by atoms with Gasteiger partial charge in [-0.1, -0.05) is 0 Å². The molecule has 0 amide bonds. The number of halogens is 3. The summed E-state index contributed by atoms with van der Waals surface area (Å²) in [5.41, 5.74) is -0.954. The summed E-state index contributed by atoms with van der Waals surface area (Å²) in [5.74, 6) is -4.42. The predicted octanol–water partition coefficient (Wildman–Crippen LogP) is 1.47. The number of aromatic nitrogens is 3. The maximum atomic E-state index is 13.7. The average molecular weight is 327 g/mol. The normalized spacial score (nSPS) is 17.1. The highest BCUT2D eigenvalue weighted by atomic mass is 19.2. The van der Waals surface area contributed by atoms with E-state index in [4.69, 9.17) is 0 Å². The van der Waals surface area contributed by atoms with Gasteiger partial charge in [0.25, 0.3) is 0 Å². The number of rotatable bonds is 3. The summed E-state index contributed by atoms with van der Waals surface area (Å²) in [6.45, 7) is -0.409. The second-order valence-corrected chi connectivity index (χ2v) is 5.33. The Morgan fingerprint density at radius 3 is 2.65 bits per heavy atom. The molecule has 0 aliphatic carbocycles. The Bertz CT molecular complexity index is 844. The first-order valence-electron chi connectivity index (χ1n) is 6.93. The highest BCUT2D eigenvalue weighted by molar-refractivity contribution is 5.72. The second kappa shape index (κ2) is 5.56. The van der Waals surface area contributed by atoms with Crippen LogP contribution in [0.1, 0.15) is 30.3 Å². The highest BCUT2D eigenvalue weighted by Gasteiger charge is 2.30. The number of benzene rings is 1. The lowest BCUT2D eigenvalue weighted by Crippen LogP contribution is -2.34. The highest BCUT2D eigenvalue weighted by Crippen LogP contribution is 2.22. The number of fused-ring (bicyclic) bond motifs is 1. The van der Waals surface area contributed by atoms with Crippen molar-refractivity contribution in [1.82, 2.24) is 14.3 Å². The molecule has 2 heterocycles. The minimum atomic E-state index is -1.33. The molecule has 0 saturated carbocycles. The van der Waals surface area contributed by atoms with E-state index in [-0.39, 0.29) is 11.4 Å². The van der Waals surface area contributed by atoms with E-state index in [0.29, 0.717) is 31.4 Å². The van der Waals surface area contributed by atoms with Crippen LogP contribution in [-0.4, -0.2) is 25.4 Å². The second-order valence-electron chi connectivity index (χ2n) is 5.33. The van der Waals surface area contributed by atoms with Crippen molar-refractivity contribution in [3.05, 3.63) is 51.5 Å². The number of carbonyl (C=O) groups is 1. The molecule has 1 N–H and O–H groups in total. The van der Waals surface area contributed by atoms with Crippen molar-refractivity contribution in [3.8, 4) is 0 Å². The quantitative estimate of drug-likeness (QED) is 0.866. The Morgan fingerprint density at radius 1 is 1.26 bits per heavy atom. The van der Waals surface area contributed by atoms with Gasteiger partial charge < -0.3 is 5.11 Å². The van der Waals surface area contributed by atoms with Crippen LogP contribution in [0.2, 0.25) is 0 Å². The fourth-order valence-electron chi connectivity index (χ4n) is 2.71. The van der Waals surface area contributed by atoms with Crippen LogP contribution in [-0.2, 0) is 17.8 Å². The van der Waals surface area contributed by atoms with Gasteiger partial charge in [0.05, 0.1) is 6.54 Å². The van der Waals surface area contributed by atoms with Crippen molar-refractivity contribution in [2.45, 2.75) is 31.8 Å². The Kier molecular flexibility index (Phi) is 3.70. The molecule has 9 heteroatoms. The van der Waals surface area contributed by atoms with Crippen LogP contribution < -0.4 is 5.69 Å². The first-order chi connectivity index (χ1) is 10.9. The number of aryl methyl sites for hydroxylation is 1. The van der Waals surface area contributed by atoms with Gasteiger partial charge in [0.2, 0.25) is 0 Å². The van der Waals surface area contributed by atoms with E-state index >= 15 is 0 Å². The topological polar surface area (TPSA) is 77.1 Å². The molecule has 1 aliphatic rings. The van der Waals surface area contributed by atoms with Crippen LogP contribution >= 0.6 is 0 Å². The summed E-state index contributed by atoms with van der Waals surface area (Å²) >= 11 is 0. The van der Waals surface area contributed by atoms with Crippen LogP contribution in [0.5, 0.6) is 0 Å². The lowest BCUT2D eigenvalue weighted by Gasteiger charge is -2.19. The molecule has 0 saturated heterocycles. The van der Waals surface area contributed by atoms with E-state index in [1.54, 1.807) is 0 Å². The summed E-state index contributed by atoms with van der Waals surface area (Å²) in [4.78, 5) is 23.5. The Hall–Kier alpha value is -2.58. The largest absolute Gasteiger partial charge is 0.480 e. The molecule has 1 atom stereocenters. The van der Waals surface area contributed by atoms with Gasteiger partial charge in [-0.25, -0.2) is 27.4 Å². The minimum Gasteiger partial charge on any atom is -0.480 e. The van der Waals surface area contributed by atoms with Gasteiger partial charge in [0.15, 0.2) is 11.6 Å². The summed E-state index contributed by atoms with van der Waals surface area (Å²) in [6, 6.07) is 0.0328. The zero-order chi connectivity index (χ0) is 16.7. The van der Waals surface area contributed by atoms with Crippen molar-refractivity contribution >= 4 is 5.97 Å². The van der Waals surface area contributed by atoms with Crippen LogP contribution in [0.25, 0.3) is 0 Å². The van der Waals surface area contributed by atoms with E-state index in [2.05, 4.69) is 5.10 Å². The van der Waals surface area contributed by atoms with Gasteiger partial charge in [-0.05, 0) is 18.9 Å². The van der Waals surface area contributed by atoms with Gasteiger partial charge in [-0.15, -0.1) is 0 Å². The van der Waals surface area contributed by atoms with E-state index in [1.165, 1.54) is 0 Å². The predicted molar refractivity (Wildman–Crippen MR) is 71.5 cm³/mol. The average Bonchev–Trinajstić information content (AvgIpc) is 2.81. The standard InChI is InChI=1S/C14H12F3N3O3/c15-8-5-10(17)9(16)4-7(8)6-19-14(23)20-11(13(21)22)2-1-3-12(20)18-19/h4-5,11H,1-3,6H2,(H,21,22)/t11-/m1/s1. The molecule has 0 fully saturated rings. The zero-order valence-electron chi connectivity index (χ0n) is 11.8. The number of carboxylic acid groups (broad SMARTS) is 1. The molecule has 0 bridgehead atoms. The molecule has 1 aromatic heterocycles. The summed E-state index contributed by atoms with van der Waals surface area (Å²) < 4.78 is 41.8. The molecule has 2 aromatic rings. The van der Waals surface area contributed by atoms with Crippen molar-refractivity contribution in [2.75, 3.05) is 0 Å². The lowest BCUT2D eigenvalue weighted by molar-refractivity contribution is -0.141. The van der Waals surface area contributed by atoms with Crippen molar-refractivity contribution < 1.29 is 23.1 Å². The minimum absolute atomic E-state index is 0.242. The molecule has 6 nitrogen and oxygen atoms in total. The third kappa shape index (κ3) is 2.62. The van der Waals surface area contributed by atoms with Crippen LogP contribution in [0.3, 0.4) is 0 Å².